The number of rotatable bonds is 1. The van der Waals surface area contributed by atoms with Crippen LogP contribution in [0.2, 0.25) is 0 Å². The first-order valence-electron chi connectivity index (χ1n) is 5.20. The second-order valence-electron chi connectivity index (χ2n) is 3.98. The molecule has 2 aliphatic heterocycles. The molecule has 2 fully saturated rings. The second kappa shape index (κ2) is 4.47. The van der Waals surface area contributed by atoms with E-state index in [0.717, 1.165) is 25.9 Å². The Labute approximate surface area is 84.1 Å². The predicted octanol–water partition coefficient (Wildman–Crippen LogP) is 1.55. The molecule has 2 rings (SSSR count). The average molecular weight is 199 g/mol. The van der Waals surface area contributed by atoms with E-state index < -0.39 is 0 Å². The lowest BCUT2D eigenvalue weighted by molar-refractivity contribution is -0.122. The van der Waals surface area contributed by atoms with Crippen molar-refractivity contribution < 1.29 is 4.79 Å². The molecule has 2 heterocycles. The van der Waals surface area contributed by atoms with E-state index in [1.807, 2.05) is 11.8 Å². The van der Waals surface area contributed by atoms with Gasteiger partial charge in [0, 0.05) is 18.2 Å². The lowest BCUT2D eigenvalue weighted by atomic mass is 10.1. The van der Waals surface area contributed by atoms with E-state index >= 15 is 0 Å². The van der Waals surface area contributed by atoms with Gasteiger partial charge in [-0.2, -0.15) is 11.8 Å². The first kappa shape index (κ1) is 9.53. The highest BCUT2D eigenvalue weighted by molar-refractivity contribution is 7.99. The zero-order valence-corrected chi connectivity index (χ0v) is 8.81. The van der Waals surface area contributed by atoms with E-state index in [-0.39, 0.29) is 0 Å². The first-order chi connectivity index (χ1) is 6.36. The monoisotopic (exact) mass is 199 g/mol. The Hall–Kier alpha value is -0.0200. The molecule has 2 saturated heterocycles. The summed E-state index contributed by atoms with van der Waals surface area (Å²) in [6.45, 7) is 1.88. The third-order valence-electron chi connectivity index (χ3n) is 2.93. The largest absolute Gasteiger partial charge is 0.298 e. The van der Waals surface area contributed by atoms with Gasteiger partial charge in [-0.15, -0.1) is 0 Å². The van der Waals surface area contributed by atoms with Crippen LogP contribution >= 0.6 is 11.8 Å². The summed E-state index contributed by atoms with van der Waals surface area (Å²) >= 11 is 2.04. The zero-order valence-electron chi connectivity index (χ0n) is 8.00. The fraction of sp³-hybridized carbons (Fsp3) is 0.900. The van der Waals surface area contributed by atoms with Crippen LogP contribution in [0.4, 0.5) is 0 Å². The van der Waals surface area contributed by atoms with E-state index in [2.05, 4.69) is 4.90 Å². The summed E-state index contributed by atoms with van der Waals surface area (Å²) in [5.74, 6) is 3.01. The van der Waals surface area contributed by atoms with Gasteiger partial charge in [-0.1, -0.05) is 0 Å². The fourth-order valence-electron chi connectivity index (χ4n) is 2.19. The molecular formula is C10H17NOS. The number of thioether (sulfide) groups is 1. The Morgan fingerprint density at radius 3 is 3.00 bits per heavy atom. The number of likely N-dealkylation sites (tertiary alicyclic amines) is 1. The molecule has 0 aromatic carbocycles. The van der Waals surface area contributed by atoms with E-state index in [1.54, 1.807) is 0 Å². The molecule has 0 radical (unpaired) electrons. The Morgan fingerprint density at radius 2 is 2.31 bits per heavy atom. The highest BCUT2D eigenvalue weighted by Crippen LogP contribution is 2.23. The number of ketones is 1. The standard InChI is InChI=1S/C10H17NOS/c12-10-4-1-5-11(7-10)9-3-2-6-13-8-9/h9H,1-8H2. The van der Waals surface area contributed by atoms with Crippen molar-refractivity contribution in [3.63, 3.8) is 0 Å². The van der Waals surface area contributed by atoms with Crippen LogP contribution in [-0.2, 0) is 4.79 Å². The summed E-state index contributed by atoms with van der Waals surface area (Å²) in [5.41, 5.74) is 0. The van der Waals surface area contributed by atoms with E-state index in [0.29, 0.717) is 11.8 Å². The van der Waals surface area contributed by atoms with E-state index in [9.17, 15) is 4.79 Å². The number of Topliss-reactive ketones (excluding diaryl/α,β-unsaturated/α-hetero) is 1. The maximum absolute atomic E-state index is 11.3. The Balaban J connectivity index is 1.87. The van der Waals surface area contributed by atoms with Crippen molar-refractivity contribution in [2.45, 2.75) is 31.7 Å². The lowest BCUT2D eigenvalue weighted by Crippen LogP contribution is -2.45. The lowest BCUT2D eigenvalue weighted by Gasteiger charge is -2.35. The molecule has 2 nitrogen and oxygen atoms in total. The number of hydrogen-bond donors (Lipinski definition) is 0. The van der Waals surface area contributed by atoms with Crippen LogP contribution in [0.5, 0.6) is 0 Å². The van der Waals surface area contributed by atoms with Gasteiger partial charge in [0.25, 0.3) is 0 Å². The summed E-state index contributed by atoms with van der Waals surface area (Å²) < 4.78 is 0. The number of nitrogens with zero attached hydrogens (tertiary/aromatic N) is 1. The molecule has 1 unspecified atom stereocenters. The number of carbonyl (C=O) groups is 1. The molecule has 1 atom stereocenters. The predicted molar refractivity (Wildman–Crippen MR) is 56.2 cm³/mol. The smallest absolute Gasteiger partial charge is 0.146 e. The van der Waals surface area contributed by atoms with Crippen molar-refractivity contribution in [3.8, 4) is 0 Å². The maximum Gasteiger partial charge on any atom is 0.146 e. The summed E-state index contributed by atoms with van der Waals surface area (Å²) in [7, 11) is 0. The number of carbonyl (C=O) groups excluding carboxylic acids is 1. The molecule has 0 aliphatic carbocycles. The van der Waals surface area contributed by atoms with E-state index in [4.69, 9.17) is 0 Å². The SMILES string of the molecule is O=C1CCCN(C2CCCSC2)C1. The molecule has 2 aliphatic rings. The van der Waals surface area contributed by atoms with Crippen LogP contribution in [0.1, 0.15) is 25.7 Å². The van der Waals surface area contributed by atoms with Gasteiger partial charge in [0.1, 0.15) is 5.78 Å². The van der Waals surface area contributed by atoms with Gasteiger partial charge < -0.3 is 0 Å². The van der Waals surface area contributed by atoms with Gasteiger partial charge in [0.15, 0.2) is 0 Å². The van der Waals surface area contributed by atoms with Crippen molar-refractivity contribution in [1.82, 2.24) is 4.90 Å². The van der Waals surface area contributed by atoms with Gasteiger partial charge in [0.05, 0.1) is 6.54 Å². The highest BCUT2D eigenvalue weighted by Gasteiger charge is 2.25. The molecule has 0 saturated carbocycles. The molecule has 0 amide bonds. The van der Waals surface area contributed by atoms with Crippen LogP contribution in [0, 0.1) is 0 Å². The second-order valence-corrected chi connectivity index (χ2v) is 5.13. The van der Waals surface area contributed by atoms with Gasteiger partial charge in [0.2, 0.25) is 0 Å². The normalized spacial score (nSPS) is 32.0. The third kappa shape index (κ3) is 2.47. The van der Waals surface area contributed by atoms with E-state index in [1.165, 1.54) is 24.3 Å². The van der Waals surface area contributed by atoms with Crippen molar-refractivity contribution >= 4 is 17.5 Å². The summed E-state index contributed by atoms with van der Waals surface area (Å²) in [6, 6.07) is 0.697. The van der Waals surface area contributed by atoms with Crippen molar-refractivity contribution in [3.05, 3.63) is 0 Å². The van der Waals surface area contributed by atoms with Gasteiger partial charge in [-0.3, -0.25) is 9.69 Å². The van der Waals surface area contributed by atoms with Crippen LogP contribution in [-0.4, -0.2) is 41.3 Å². The zero-order chi connectivity index (χ0) is 9.10. The maximum atomic E-state index is 11.3. The molecule has 0 N–H and O–H groups in total. The van der Waals surface area contributed by atoms with Crippen molar-refractivity contribution in [2.75, 3.05) is 24.6 Å². The molecule has 0 aromatic heterocycles. The topological polar surface area (TPSA) is 20.3 Å². The van der Waals surface area contributed by atoms with Crippen LogP contribution in [0.3, 0.4) is 0 Å². The summed E-state index contributed by atoms with van der Waals surface area (Å²) in [5, 5.41) is 0. The quantitative estimate of drug-likeness (QED) is 0.639. The summed E-state index contributed by atoms with van der Waals surface area (Å²) in [6.07, 6.45) is 4.54. The van der Waals surface area contributed by atoms with Crippen molar-refractivity contribution in [2.24, 2.45) is 0 Å². The number of hydrogen-bond acceptors (Lipinski definition) is 3. The minimum Gasteiger partial charge on any atom is -0.298 e. The minimum atomic E-state index is 0.446. The van der Waals surface area contributed by atoms with Gasteiger partial charge >= 0.3 is 0 Å². The third-order valence-corrected chi connectivity index (χ3v) is 4.13. The Kier molecular flexibility index (Phi) is 3.28. The highest BCUT2D eigenvalue weighted by atomic mass is 32.2. The molecule has 74 valence electrons. The molecule has 0 bridgehead atoms. The Bertz CT molecular complexity index is 189. The average Bonchev–Trinajstić information content (AvgIpc) is 2.19. The van der Waals surface area contributed by atoms with Gasteiger partial charge in [-0.25, -0.2) is 0 Å². The van der Waals surface area contributed by atoms with Crippen molar-refractivity contribution in [1.29, 1.82) is 0 Å². The number of piperidine rings is 1. The van der Waals surface area contributed by atoms with Crippen LogP contribution in [0.25, 0.3) is 0 Å². The van der Waals surface area contributed by atoms with Gasteiger partial charge in [-0.05, 0) is 31.6 Å². The molecular weight excluding hydrogens is 182 g/mol. The molecule has 13 heavy (non-hydrogen) atoms. The Morgan fingerprint density at radius 1 is 1.38 bits per heavy atom. The first-order valence-corrected chi connectivity index (χ1v) is 6.35. The van der Waals surface area contributed by atoms with Crippen LogP contribution < -0.4 is 0 Å². The molecule has 0 spiro atoms. The minimum absolute atomic E-state index is 0.446. The summed E-state index contributed by atoms with van der Waals surface area (Å²) in [4.78, 5) is 13.7. The fourth-order valence-corrected chi connectivity index (χ4v) is 3.37. The van der Waals surface area contributed by atoms with Crippen LogP contribution in [0.15, 0.2) is 0 Å². The molecule has 3 heteroatoms. The molecule has 0 aromatic rings.